The van der Waals surface area contributed by atoms with E-state index in [2.05, 4.69) is 20.1 Å². The molecule has 9 heteroatoms. The predicted octanol–water partition coefficient (Wildman–Crippen LogP) is 4.50. The number of anilines is 1. The molecule has 0 radical (unpaired) electrons. The van der Waals surface area contributed by atoms with Crippen LogP contribution in [0.15, 0.2) is 46.2 Å². The quantitative estimate of drug-likeness (QED) is 0.580. The highest BCUT2D eigenvalue weighted by Gasteiger charge is 2.25. The van der Waals surface area contributed by atoms with Gasteiger partial charge in [-0.1, -0.05) is 31.0 Å². The molecule has 30 heavy (non-hydrogen) atoms. The van der Waals surface area contributed by atoms with Crippen LogP contribution >= 0.6 is 11.8 Å². The van der Waals surface area contributed by atoms with E-state index in [0.717, 1.165) is 23.8 Å². The van der Waals surface area contributed by atoms with Crippen LogP contribution in [0.1, 0.15) is 38.1 Å². The molecule has 1 aliphatic carbocycles. The summed E-state index contributed by atoms with van der Waals surface area (Å²) < 4.78 is 18.4. The van der Waals surface area contributed by atoms with Crippen LogP contribution < -0.4 is 14.8 Å². The number of carbonyl (C=O) groups is 1. The van der Waals surface area contributed by atoms with Gasteiger partial charge in [-0.05, 0) is 37.1 Å². The molecule has 0 unspecified atom stereocenters. The summed E-state index contributed by atoms with van der Waals surface area (Å²) in [5.41, 5.74) is 0.676. The molecule has 1 N–H and O–H groups in total. The first-order valence-electron chi connectivity index (χ1n) is 10.1. The molecule has 2 aromatic heterocycles. The van der Waals surface area contributed by atoms with Gasteiger partial charge in [0.1, 0.15) is 0 Å². The summed E-state index contributed by atoms with van der Waals surface area (Å²) >= 11 is 1.39. The van der Waals surface area contributed by atoms with Crippen molar-refractivity contribution in [2.45, 2.75) is 43.3 Å². The van der Waals surface area contributed by atoms with E-state index in [1.54, 1.807) is 24.5 Å². The smallest absolute Gasteiger partial charge is 0.234 e. The molecule has 1 amide bonds. The molecule has 0 saturated heterocycles. The zero-order valence-electron chi connectivity index (χ0n) is 16.4. The highest BCUT2D eigenvalue weighted by Crippen LogP contribution is 2.36. The fourth-order valence-corrected chi connectivity index (χ4v) is 4.72. The number of nitrogens with one attached hydrogen (secondary N) is 1. The van der Waals surface area contributed by atoms with Crippen molar-refractivity contribution in [1.82, 2.24) is 14.8 Å². The van der Waals surface area contributed by atoms with Crippen LogP contribution in [0.3, 0.4) is 0 Å². The third-order valence-corrected chi connectivity index (χ3v) is 6.28. The Morgan fingerprint density at radius 1 is 1.13 bits per heavy atom. The number of benzene rings is 1. The van der Waals surface area contributed by atoms with Crippen LogP contribution in [0.2, 0.25) is 0 Å². The SMILES string of the molecule is O=C(CSc1nnc(-c2ccco2)n1C1CCCCC1)Nc1ccc2c(c1)OCO2. The fraction of sp³-hybridized carbons (Fsp3) is 0.381. The maximum absolute atomic E-state index is 12.5. The Morgan fingerprint density at radius 2 is 2.00 bits per heavy atom. The zero-order chi connectivity index (χ0) is 20.3. The van der Waals surface area contributed by atoms with E-state index >= 15 is 0 Å². The van der Waals surface area contributed by atoms with Crippen molar-refractivity contribution >= 4 is 23.4 Å². The van der Waals surface area contributed by atoms with Crippen molar-refractivity contribution < 1.29 is 18.7 Å². The zero-order valence-corrected chi connectivity index (χ0v) is 17.2. The fourth-order valence-electron chi connectivity index (χ4n) is 3.92. The van der Waals surface area contributed by atoms with E-state index < -0.39 is 0 Å². The number of carbonyl (C=O) groups excluding carboxylic acids is 1. The van der Waals surface area contributed by atoms with Crippen LogP contribution in [0.5, 0.6) is 11.5 Å². The molecule has 156 valence electrons. The van der Waals surface area contributed by atoms with Gasteiger partial charge in [0.05, 0.1) is 12.0 Å². The molecule has 1 saturated carbocycles. The molecule has 8 nitrogen and oxygen atoms in total. The van der Waals surface area contributed by atoms with Gasteiger partial charge < -0.3 is 19.2 Å². The number of hydrogen-bond acceptors (Lipinski definition) is 7. The van der Waals surface area contributed by atoms with Crippen LogP contribution in [-0.4, -0.2) is 33.2 Å². The number of ether oxygens (including phenoxy) is 2. The molecule has 1 aliphatic heterocycles. The van der Waals surface area contributed by atoms with E-state index in [-0.39, 0.29) is 18.5 Å². The summed E-state index contributed by atoms with van der Waals surface area (Å²) in [6.45, 7) is 0.206. The van der Waals surface area contributed by atoms with Gasteiger partial charge >= 0.3 is 0 Å². The Bertz CT molecular complexity index is 1030. The summed E-state index contributed by atoms with van der Waals surface area (Å²) in [5, 5.41) is 12.4. The molecule has 0 bridgehead atoms. The third-order valence-electron chi connectivity index (χ3n) is 5.33. The van der Waals surface area contributed by atoms with Gasteiger partial charge in [0.25, 0.3) is 0 Å². The second-order valence-electron chi connectivity index (χ2n) is 7.35. The number of furan rings is 1. The van der Waals surface area contributed by atoms with Gasteiger partial charge in [-0.3, -0.25) is 9.36 Å². The highest BCUT2D eigenvalue weighted by molar-refractivity contribution is 7.99. The Kier molecular flexibility index (Phi) is 5.35. The van der Waals surface area contributed by atoms with Gasteiger partial charge in [-0.2, -0.15) is 0 Å². The largest absolute Gasteiger partial charge is 0.461 e. The molecule has 3 heterocycles. The lowest BCUT2D eigenvalue weighted by molar-refractivity contribution is -0.113. The van der Waals surface area contributed by atoms with Crippen molar-refractivity contribution in [2.75, 3.05) is 17.9 Å². The first-order valence-corrected chi connectivity index (χ1v) is 11.1. The van der Waals surface area contributed by atoms with Gasteiger partial charge in [0, 0.05) is 17.8 Å². The first kappa shape index (κ1) is 19.0. The Morgan fingerprint density at radius 3 is 2.83 bits per heavy atom. The van der Waals surface area contributed by atoms with E-state index in [1.807, 2.05) is 12.1 Å². The second-order valence-corrected chi connectivity index (χ2v) is 8.29. The van der Waals surface area contributed by atoms with Gasteiger partial charge in [0.2, 0.25) is 18.5 Å². The lowest BCUT2D eigenvalue weighted by Crippen LogP contribution is -2.17. The molecular formula is C21H22N4O4S. The minimum absolute atomic E-state index is 0.114. The Hall–Kier alpha value is -2.94. The summed E-state index contributed by atoms with van der Waals surface area (Å²) in [4.78, 5) is 12.5. The maximum Gasteiger partial charge on any atom is 0.234 e. The van der Waals surface area contributed by atoms with Crippen LogP contribution in [-0.2, 0) is 4.79 Å². The van der Waals surface area contributed by atoms with E-state index in [4.69, 9.17) is 13.9 Å². The molecule has 1 fully saturated rings. The highest BCUT2D eigenvalue weighted by atomic mass is 32.2. The Labute approximate surface area is 178 Å². The van der Waals surface area contributed by atoms with Gasteiger partial charge in [0.15, 0.2) is 22.4 Å². The lowest BCUT2D eigenvalue weighted by atomic mass is 9.95. The van der Waals surface area contributed by atoms with Crippen LogP contribution in [0.25, 0.3) is 11.6 Å². The number of thioether (sulfide) groups is 1. The van der Waals surface area contributed by atoms with E-state index in [0.29, 0.717) is 29.0 Å². The number of hydrogen-bond donors (Lipinski definition) is 1. The topological polar surface area (TPSA) is 91.4 Å². The predicted molar refractivity (Wildman–Crippen MR) is 112 cm³/mol. The van der Waals surface area contributed by atoms with Gasteiger partial charge in [-0.25, -0.2) is 0 Å². The number of rotatable bonds is 6. The molecular weight excluding hydrogens is 404 g/mol. The average molecular weight is 426 g/mol. The molecule has 3 aromatic rings. The maximum atomic E-state index is 12.5. The van der Waals surface area contributed by atoms with Crippen LogP contribution in [0, 0.1) is 0 Å². The molecule has 0 spiro atoms. The van der Waals surface area contributed by atoms with Crippen molar-refractivity contribution in [3.05, 3.63) is 36.6 Å². The molecule has 0 atom stereocenters. The van der Waals surface area contributed by atoms with Crippen molar-refractivity contribution in [3.63, 3.8) is 0 Å². The summed E-state index contributed by atoms with van der Waals surface area (Å²) in [5.74, 6) is 2.87. The monoisotopic (exact) mass is 426 g/mol. The minimum Gasteiger partial charge on any atom is -0.461 e. The number of fused-ring (bicyclic) bond motifs is 1. The molecule has 5 rings (SSSR count). The van der Waals surface area contributed by atoms with E-state index in [1.165, 1.54) is 31.0 Å². The third kappa shape index (κ3) is 3.89. The van der Waals surface area contributed by atoms with Crippen LogP contribution in [0.4, 0.5) is 5.69 Å². The number of aromatic nitrogens is 3. The summed E-state index contributed by atoms with van der Waals surface area (Å²) in [6, 6.07) is 9.43. The number of nitrogens with zero attached hydrogens (tertiary/aromatic N) is 3. The molecule has 2 aliphatic rings. The van der Waals surface area contributed by atoms with E-state index in [9.17, 15) is 4.79 Å². The lowest BCUT2D eigenvalue weighted by Gasteiger charge is -2.25. The standard InChI is InChI=1S/C21H22N4O4S/c26-19(22-14-8-9-16-18(11-14)29-13-28-16)12-30-21-24-23-20(17-7-4-10-27-17)25(21)15-5-2-1-3-6-15/h4,7-11,15H,1-3,5-6,12-13H2,(H,22,26). The van der Waals surface area contributed by atoms with Crippen molar-refractivity contribution in [1.29, 1.82) is 0 Å². The second kappa shape index (κ2) is 8.43. The number of amides is 1. The summed E-state index contributed by atoms with van der Waals surface area (Å²) in [6.07, 6.45) is 7.45. The average Bonchev–Trinajstić information content (AvgIpc) is 3.52. The minimum atomic E-state index is -0.114. The first-order chi connectivity index (χ1) is 14.8. The van der Waals surface area contributed by atoms with Crippen molar-refractivity contribution in [3.8, 4) is 23.1 Å². The normalized spacial score (nSPS) is 16.0. The molecule has 1 aromatic carbocycles. The van der Waals surface area contributed by atoms with Gasteiger partial charge in [-0.15, -0.1) is 10.2 Å². The summed E-state index contributed by atoms with van der Waals surface area (Å²) in [7, 11) is 0. The Balaban J connectivity index is 1.30. The van der Waals surface area contributed by atoms with Crippen molar-refractivity contribution in [2.24, 2.45) is 0 Å².